The molecular weight excluding hydrogens is 385 g/mol. The molecule has 3 aromatic carbocycles. The highest BCUT2D eigenvalue weighted by Crippen LogP contribution is 2.31. The van der Waals surface area contributed by atoms with E-state index in [9.17, 15) is 13.2 Å². The van der Waals surface area contributed by atoms with Gasteiger partial charge < -0.3 is 5.73 Å². The van der Waals surface area contributed by atoms with E-state index >= 15 is 0 Å². The van der Waals surface area contributed by atoms with Gasteiger partial charge in [0.15, 0.2) is 0 Å². The number of rotatable bonds is 4. The minimum absolute atomic E-state index is 0.342. The zero-order chi connectivity index (χ0) is 20.1. The van der Waals surface area contributed by atoms with Crippen LogP contribution >= 0.6 is 11.6 Å². The van der Waals surface area contributed by atoms with Crippen LogP contribution in [0, 0.1) is 0 Å². The molecule has 0 radical (unpaired) electrons. The average molecular weight is 401 g/mol. The summed E-state index contributed by atoms with van der Waals surface area (Å²) in [4.78, 5) is 4.27. The van der Waals surface area contributed by atoms with E-state index in [0.29, 0.717) is 22.1 Å². The molecule has 2 N–H and O–H groups in total. The molecule has 6 heteroatoms. The first-order valence-corrected chi connectivity index (χ1v) is 8.74. The maximum atomic E-state index is 12.6. The van der Waals surface area contributed by atoms with Crippen molar-refractivity contribution in [3.63, 3.8) is 0 Å². The number of benzene rings is 3. The summed E-state index contributed by atoms with van der Waals surface area (Å²) in [5.74, 6) is 0.342. The molecule has 0 aromatic heterocycles. The molecule has 0 amide bonds. The van der Waals surface area contributed by atoms with Gasteiger partial charge in [0.1, 0.15) is 5.84 Å². The quantitative estimate of drug-likeness (QED) is 0.382. The molecule has 2 nitrogen and oxygen atoms in total. The summed E-state index contributed by atoms with van der Waals surface area (Å²) in [6, 6.07) is 19.5. The molecule has 0 saturated carbocycles. The van der Waals surface area contributed by atoms with Gasteiger partial charge in [-0.25, -0.2) is 4.99 Å². The van der Waals surface area contributed by atoms with E-state index in [0.717, 1.165) is 23.3 Å². The number of nitrogens with two attached hydrogens (primary N) is 1. The fraction of sp³-hybridized carbons (Fsp3) is 0.0455. The summed E-state index contributed by atoms with van der Waals surface area (Å²) in [7, 11) is 0. The predicted octanol–water partition coefficient (Wildman–Crippen LogP) is 6.73. The Bertz CT molecular complexity index is 988. The van der Waals surface area contributed by atoms with E-state index < -0.39 is 11.7 Å². The maximum absolute atomic E-state index is 12.6. The summed E-state index contributed by atoms with van der Waals surface area (Å²) in [5, 5.41) is 0.626. The third kappa shape index (κ3) is 5.24. The third-order valence-corrected chi connectivity index (χ3v) is 4.24. The van der Waals surface area contributed by atoms with Gasteiger partial charge in [0.05, 0.1) is 11.3 Å². The number of halogens is 4. The van der Waals surface area contributed by atoms with Crippen molar-refractivity contribution in [3.8, 4) is 11.1 Å². The van der Waals surface area contributed by atoms with Crippen LogP contribution in [0.25, 0.3) is 17.2 Å². The second kappa shape index (κ2) is 8.31. The largest absolute Gasteiger partial charge is 0.416 e. The molecule has 0 fully saturated rings. The lowest BCUT2D eigenvalue weighted by Crippen LogP contribution is -2.06. The van der Waals surface area contributed by atoms with Gasteiger partial charge in [0.2, 0.25) is 0 Å². The Morgan fingerprint density at radius 2 is 1.36 bits per heavy atom. The molecule has 0 aliphatic heterocycles. The second-order valence-electron chi connectivity index (χ2n) is 6.04. The lowest BCUT2D eigenvalue weighted by molar-refractivity contribution is -0.137. The van der Waals surface area contributed by atoms with Crippen LogP contribution in [0.3, 0.4) is 0 Å². The first-order valence-electron chi connectivity index (χ1n) is 8.37. The molecule has 3 rings (SSSR count). The molecule has 0 spiro atoms. The molecule has 0 heterocycles. The van der Waals surface area contributed by atoms with Gasteiger partial charge in [-0.1, -0.05) is 54.1 Å². The zero-order valence-corrected chi connectivity index (χ0v) is 15.4. The van der Waals surface area contributed by atoms with E-state index in [1.54, 1.807) is 30.3 Å². The van der Waals surface area contributed by atoms with Crippen LogP contribution in [0.5, 0.6) is 0 Å². The molecule has 0 bridgehead atoms. The van der Waals surface area contributed by atoms with Crippen molar-refractivity contribution in [1.82, 2.24) is 0 Å². The van der Waals surface area contributed by atoms with Gasteiger partial charge in [-0.2, -0.15) is 13.2 Å². The van der Waals surface area contributed by atoms with Crippen molar-refractivity contribution in [1.29, 1.82) is 0 Å². The molecule has 3 aromatic rings. The third-order valence-electron chi connectivity index (χ3n) is 3.99. The van der Waals surface area contributed by atoms with Crippen LogP contribution in [-0.4, -0.2) is 5.84 Å². The van der Waals surface area contributed by atoms with Gasteiger partial charge in [0.25, 0.3) is 0 Å². The van der Waals surface area contributed by atoms with Crippen LogP contribution < -0.4 is 5.73 Å². The Hall–Kier alpha value is -3.05. The topological polar surface area (TPSA) is 38.4 Å². The standard InChI is InChI=1S/C22H16ClF3N2/c23-19-10-12-20(13-11-19)28-21(27)14-3-15-1-4-16(5-2-15)17-6-8-18(9-7-17)22(24,25)26/h1-14H,(H2,27,28)/b14-3+. The van der Waals surface area contributed by atoms with Crippen LogP contribution in [0.4, 0.5) is 18.9 Å². The first-order chi connectivity index (χ1) is 13.3. The van der Waals surface area contributed by atoms with Gasteiger partial charge in [-0.3, -0.25) is 0 Å². The van der Waals surface area contributed by atoms with Gasteiger partial charge >= 0.3 is 6.18 Å². The van der Waals surface area contributed by atoms with Gasteiger partial charge in [0, 0.05) is 5.02 Å². The van der Waals surface area contributed by atoms with Gasteiger partial charge in [-0.05, 0) is 59.2 Å². The molecule has 0 atom stereocenters. The number of hydrogen-bond donors (Lipinski definition) is 1. The molecule has 142 valence electrons. The number of hydrogen-bond acceptors (Lipinski definition) is 1. The first kappa shape index (κ1) is 19.7. The van der Waals surface area contributed by atoms with E-state index in [2.05, 4.69) is 4.99 Å². The number of alkyl halides is 3. The van der Waals surface area contributed by atoms with Crippen molar-refractivity contribution in [2.45, 2.75) is 6.18 Å². The molecule has 0 aliphatic rings. The van der Waals surface area contributed by atoms with Crippen LogP contribution in [0.2, 0.25) is 5.02 Å². The molecule has 0 aliphatic carbocycles. The lowest BCUT2D eigenvalue weighted by Gasteiger charge is -2.08. The van der Waals surface area contributed by atoms with E-state index in [4.69, 9.17) is 17.3 Å². The van der Waals surface area contributed by atoms with E-state index in [1.807, 2.05) is 30.3 Å². The van der Waals surface area contributed by atoms with E-state index in [1.165, 1.54) is 12.1 Å². The van der Waals surface area contributed by atoms with Crippen molar-refractivity contribution in [2.24, 2.45) is 10.7 Å². The zero-order valence-electron chi connectivity index (χ0n) is 14.6. The van der Waals surface area contributed by atoms with Crippen molar-refractivity contribution in [3.05, 3.63) is 95.0 Å². The van der Waals surface area contributed by atoms with Crippen molar-refractivity contribution < 1.29 is 13.2 Å². The van der Waals surface area contributed by atoms with Crippen molar-refractivity contribution >= 4 is 29.2 Å². The number of aliphatic imine (C=N–C) groups is 1. The number of amidine groups is 1. The Morgan fingerprint density at radius 3 is 1.89 bits per heavy atom. The Labute approximate surface area is 165 Å². The highest BCUT2D eigenvalue weighted by Gasteiger charge is 2.29. The highest BCUT2D eigenvalue weighted by molar-refractivity contribution is 6.30. The number of nitrogens with zero attached hydrogens (tertiary/aromatic N) is 1. The highest BCUT2D eigenvalue weighted by atomic mass is 35.5. The van der Waals surface area contributed by atoms with E-state index in [-0.39, 0.29) is 0 Å². The minimum Gasteiger partial charge on any atom is -0.384 e. The SMILES string of the molecule is NC(/C=C/c1ccc(-c2ccc(C(F)(F)F)cc2)cc1)=Nc1ccc(Cl)cc1. The van der Waals surface area contributed by atoms with Crippen LogP contribution in [0.1, 0.15) is 11.1 Å². The summed E-state index contributed by atoms with van der Waals surface area (Å²) < 4.78 is 37.9. The van der Waals surface area contributed by atoms with Crippen molar-refractivity contribution in [2.75, 3.05) is 0 Å². The Morgan fingerprint density at radius 1 is 0.821 bits per heavy atom. The summed E-state index contributed by atoms with van der Waals surface area (Å²) in [5.41, 5.74) is 8.37. The fourth-order valence-electron chi connectivity index (χ4n) is 2.52. The van der Waals surface area contributed by atoms with Crippen LogP contribution in [0.15, 0.2) is 83.9 Å². The Kier molecular flexibility index (Phi) is 5.85. The summed E-state index contributed by atoms with van der Waals surface area (Å²) in [6.45, 7) is 0. The second-order valence-corrected chi connectivity index (χ2v) is 6.48. The molecule has 0 unspecified atom stereocenters. The minimum atomic E-state index is -4.33. The summed E-state index contributed by atoms with van der Waals surface area (Å²) in [6.07, 6.45) is -0.840. The predicted molar refractivity (Wildman–Crippen MR) is 109 cm³/mol. The molecule has 28 heavy (non-hydrogen) atoms. The fourth-order valence-corrected chi connectivity index (χ4v) is 2.65. The smallest absolute Gasteiger partial charge is 0.384 e. The monoisotopic (exact) mass is 400 g/mol. The normalized spacial score (nSPS) is 12.5. The average Bonchev–Trinajstić information content (AvgIpc) is 2.68. The molecule has 0 saturated heterocycles. The molecular formula is C22H16ClF3N2. The lowest BCUT2D eigenvalue weighted by atomic mass is 10.0. The van der Waals surface area contributed by atoms with Gasteiger partial charge in [-0.15, -0.1) is 0 Å². The Balaban J connectivity index is 1.70. The summed E-state index contributed by atoms with van der Waals surface area (Å²) >= 11 is 5.83. The maximum Gasteiger partial charge on any atom is 0.416 e. The van der Waals surface area contributed by atoms with Crippen LogP contribution in [-0.2, 0) is 6.18 Å².